The summed E-state index contributed by atoms with van der Waals surface area (Å²) in [6.45, 7) is 9.83. The molecule has 2 unspecified atom stereocenters. The number of hydrogen-bond acceptors (Lipinski definition) is 2. The number of phenolic OH excluding ortho intramolecular Hbond substituents is 1. The van der Waals surface area contributed by atoms with E-state index in [-0.39, 0.29) is 5.92 Å². The van der Waals surface area contributed by atoms with E-state index in [1.807, 2.05) is 58.9 Å². The molecule has 0 heterocycles. The molecular weight excluding hydrogens is 298 g/mol. The predicted molar refractivity (Wildman–Crippen MR) is 91.1 cm³/mol. The summed E-state index contributed by atoms with van der Waals surface area (Å²) >= 11 is 0. The number of aryl methyl sites for hydroxylation is 4. The average molecular weight is 320 g/mol. The maximum atomic E-state index is 12.8. The highest BCUT2D eigenvalue weighted by Crippen LogP contribution is 2.41. The molecule has 0 spiro atoms. The molecule has 0 saturated heterocycles. The van der Waals surface area contributed by atoms with Crippen molar-refractivity contribution in [1.29, 1.82) is 0 Å². The summed E-state index contributed by atoms with van der Waals surface area (Å²) in [5.41, 5.74) is 5.70. The molecule has 1 N–H and O–H groups in total. The van der Waals surface area contributed by atoms with E-state index < -0.39 is 9.12 Å². The van der Waals surface area contributed by atoms with Crippen LogP contribution in [0.15, 0.2) is 24.3 Å². The van der Waals surface area contributed by atoms with Crippen molar-refractivity contribution in [2.24, 2.45) is 0 Å². The second-order valence-electron chi connectivity index (χ2n) is 5.92. The van der Waals surface area contributed by atoms with Crippen molar-refractivity contribution >= 4 is 9.12 Å². The van der Waals surface area contributed by atoms with Crippen LogP contribution < -0.4 is 4.52 Å². The zero-order valence-corrected chi connectivity index (χ0v) is 14.6. The van der Waals surface area contributed by atoms with Gasteiger partial charge in [0.15, 0.2) is 0 Å². The van der Waals surface area contributed by atoms with Crippen LogP contribution >= 0.6 is 9.12 Å². The molecule has 0 radical (unpaired) electrons. The summed E-state index contributed by atoms with van der Waals surface area (Å²) in [5.74, 6) is 0.798. The third kappa shape index (κ3) is 3.25. The Kier molecular flexibility index (Phi) is 5.08. The first-order valence-electron chi connectivity index (χ1n) is 7.28. The minimum atomic E-state index is -1.09. The molecule has 4 heteroatoms. The molecule has 0 aliphatic heterocycles. The van der Waals surface area contributed by atoms with Crippen LogP contribution in [-0.4, -0.2) is 5.11 Å². The number of hydrogen-bond donors (Lipinski definition) is 1. The van der Waals surface area contributed by atoms with Gasteiger partial charge in [-0.3, -0.25) is 0 Å². The smallest absolute Gasteiger partial charge is 0.261 e. The monoisotopic (exact) mass is 320 g/mol. The van der Waals surface area contributed by atoms with E-state index in [4.69, 9.17) is 4.52 Å². The predicted octanol–water partition coefficient (Wildman–Crippen LogP) is 5.63. The molecule has 2 rings (SSSR count). The van der Waals surface area contributed by atoms with Gasteiger partial charge in [-0.05, 0) is 38.8 Å². The SMILES string of the molecule is Cc1cc(C)c(O)c(C(C)c2cc(C)cc(C)c2OPF)c1. The van der Waals surface area contributed by atoms with Crippen LogP contribution in [0.3, 0.4) is 0 Å². The van der Waals surface area contributed by atoms with Gasteiger partial charge in [0.25, 0.3) is 9.12 Å². The lowest BCUT2D eigenvalue weighted by Crippen LogP contribution is -2.02. The van der Waals surface area contributed by atoms with E-state index in [2.05, 4.69) is 0 Å². The number of halogens is 1. The van der Waals surface area contributed by atoms with Crippen LogP contribution in [0, 0.1) is 27.7 Å². The summed E-state index contributed by atoms with van der Waals surface area (Å²) in [5, 5.41) is 10.4. The molecule has 0 aliphatic rings. The summed E-state index contributed by atoms with van der Waals surface area (Å²) in [7, 11) is -1.09. The Labute approximate surface area is 133 Å². The lowest BCUT2D eigenvalue weighted by molar-refractivity contribution is 0.461. The Morgan fingerprint density at radius 2 is 1.50 bits per heavy atom. The highest BCUT2D eigenvalue weighted by molar-refractivity contribution is 7.26. The van der Waals surface area contributed by atoms with Crippen molar-refractivity contribution in [2.45, 2.75) is 40.5 Å². The van der Waals surface area contributed by atoms with Crippen LogP contribution in [0.5, 0.6) is 11.5 Å². The highest BCUT2D eigenvalue weighted by Gasteiger charge is 2.20. The second-order valence-corrected chi connectivity index (χ2v) is 6.28. The topological polar surface area (TPSA) is 29.5 Å². The van der Waals surface area contributed by atoms with Gasteiger partial charge in [0.1, 0.15) is 11.5 Å². The van der Waals surface area contributed by atoms with Crippen LogP contribution in [0.2, 0.25) is 0 Å². The van der Waals surface area contributed by atoms with E-state index >= 15 is 0 Å². The Balaban J connectivity index is 2.61. The van der Waals surface area contributed by atoms with Crippen molar-refractivity contribution < 1.29 is 13.8 Å². The zero-order chi connectivity index (χ0) is 16.4. The second kappa shape index (κ2) is 6.66. The standard InChI is InChI=1S/C18H22FO2P/c1-10-6-12(3)17(20)15(8-10)14(5)16-9-11(2)7-13(4)18(16)21-22-19/h6-9,14,20,22H,1-5H3. The van der Waals surface area contributed by atoms with Crippen molar-refractivity contribution in [3.05, 3.63) is 57.6 Å². The van der Waals surface area contributed by atoms with Crippen molar-refractivity contribution in [3.8, 4) is 11.5 Å². The van der Waals surface area contributed by atoms with Gasteiger partial charge in [0.2, 0.25) is 0 Å². The van der Waals surface area contributed by atoms with Crippen LogP contribution in [-0.2, 0) is 0 Å². The lowest BCUT2D eigenvalue weighted by atomic mass is 9.87. The van der Waals surface area contributed by atoms with Crippen LogP contribution in [0.1, 0.15) is 46.2 Å². The van der Waals surface area contributed by atoms with Gasteiger partial charge < -0.3 is 9.63 Å². The van der Waals surface area contributed by atoms with E-state index in [9.17, 15) is 9.30 Å². The highest BCUT2D eigenvalue weighted by atomic mass is 31.1. The summed E-state index contributed by atoms with van der Waals surface area (Å²) < 4.78 is 18.0. The fraction of sp³-hybridized carbons (Fsp3) is 0.333. The fourth-order valence-corrected chi connectivity index (χ4v) is 3.33. The van der Waals surface area contributed by atoms with Crippen molar-refractivity contribution in [2.75, 3.05) is 0 Å². The average Bonchev–Trinajstić information content (AvgIpc) is 2.44. The molecule has 118 valence electrons. The van der Waals surface area contributed by atoms with Crippen LogP contribution in [0.4, 0.5) is 4.20 Å². The lowest BCUT2D eigenvalue weighted by Gasteiger charge is -2.21. The number of aromatic hydroxyl groups is 1. The number of rotatable bonds is 4. The first kappa shape index (κ1) is 16.8. The Bertz CT molecular complexity index is 698. The van der Waals surface area contributed by atoms with Crippen molar-refractivity contribution in [3.63, 3.8) is 0 Å². The maximum absolute atomic E-state index is 12.8. The van der Waals surface area contributed by atoms with Crippen LogP contribution in [0.25, 0.3) is 0 Å². The van der Waals surface area contributed by atoms with Gasteiger partial charge in [-0.15, -0.1) is 0 Å². The third-order valence-electron chi connectivity index (χ3n) is 4.00. The molecule has 0 aliphatic carbocycles. The molecule has 2 atom stereocenters. The molecule has 0 saturated carbocycles. The van der Waals surface area contributed by atoms with E-state index in [1.54, 1.807) is 0 Å². The summed E-state index contributed by atoms with van der Waals surface area (Å²) in [4.78, 5) is 0. The summed E-state index contributed by atoms with van der Waals surface area (Å²) in [6, 6.07) is 7.91. The first-order valence-corrected chi connectivity index (χ1v) is 8.07. The molecule has 22 heavy (non-hydrogen) atoms. The van der Waals surface area contributed by atoms with Gasteiger partial charge in [0.05, 0.1) is 0 Å². The van der Waals surface area contributed by atoms with Gasteiger partial charge in [-0.2, -0.15) is 4.20 Å². The minimum absolute atomic E-state index is 0.0800. The van der Waals surface area contributed by atoms with Gasteiger partial charge >= 0.3 is 0 Å². The largest absolute Gasteiger partial charge is 0.507 e. The van der Waals surface area contributed by atoms with Gasteiger partial charge in [0, 0.05) is 17.0 Å². The molecular formula is C18H22FO2P. The van der Waals surface area contributed by atoms with Crippen molar-refractivity contribution in [1.82, 2.24) is 0 Å². The third-order valence-corrected chi connectivity index (χ3v) is 4.28. The van der Waals surface area contributed by atoms with E-state index in [0.29, 0.717) is 11.5 Å². The zero-order valence-electron chi connectivity index (χ0n) is 13.6. The quantitative estimate of drug-likeness (QED) is 0.739. The first-order chi connectivity index (χ1) is 10.3. The molecule has 2 nitrogen and oxygen atoms in total. The number of phenols is 1. The molecule has 2 aromatic rings. The molecule has 0 bridgehead atoms. The minimum Gasteiger partial charge on any atom is -0.507 e. The number of benzene rings is 2. The molecule has 0 aromatic heterocycles. The Hall–Kier alpha value is -1.60. The van der Waals surface area contributed by atoms with Gasteiger partial charge in [-0.1, -0.05) is 42.3 Å². The Morgan fingerprint density at radius 1 is 0.955 bits per heavy atom. The van der Waals surface area contributed by atoms with Gasteiger partial charge in [-0.25, -0.2) is 0 Å². The summed E-state index contributed by atoms with van der Waals surface area (Å²) in [6.07, 6.45) is 0. The molecule has 0 fully saturated rings. The Morgan fingerprint density at radius 3 is 2.09 bits per heavy atom. The molecule has 0 amide bonds. The normalized spacial score (nSPS) is 12.8. The fourth-order valence-electron chi connectivity index (χ4n) is 2.98. The van der Waals surface area contributed by atoms with E-state index in [1.165, 1.54) is 0 Å². The maximum Gasteiger partial charge on any atom is 0.261 e. The molecule has 2 aromatic carbocycles. The van der Waals surface area contributed by atoms with E-state index in [0.717, 1.165) is 33.4 Å².